The first-order chi connectivity index (χ1) is 10.1. The Hall–Kier alpha value is -2.43. The summed E-state index contributed by atoms with van der Waals surface area (Å²) in [6.07, 6.45) is 3.82. The predicted molar refractivity (Wildman–Crippen MR) is 81.4 cm³/mol. The van der Waals surface area contributed by atoms with Crippen LogP contribution in [0.4, 0.5) is 0 Å². The van der Waals surface area contributed by atoms with Gasteiger partial charge in [0.2, 0.25) is 0 Å². The fourth-order valence-electron chi connectivity index (χ4n) is 2.55. The summed E-state index contributed by atoms with van der Waals surface area (Å²) in [6.45, 7) is 4.17. The Labute approximate surface area is 124 Å². The number of benzene rings is 1. The summed E-state index contributed by atoms with van der Waals surface area (Å²) in [7, 11) is 1.98. The van der Waals surface area contributed by atoms with E-state index in [0.29, 0.717) is 0 Å². The Bertz CT molecular complexity index is 739. The van der Waals surface area contributed by atoms with Crippen LogP contribution in [0.15, 0.2) is 36.5 Å². The zero-order chi connectivity index (χ0) is 14.8. The van der Waals surface area contributed by atoms with E-state index in [4.69, 9.17) is 0 Å². The van der Waals surface area contributed by atoms with Gasteiger partial charge in [0.25, 0.3) is 0 Å². The lowest BCUT2D eigenvalue weighted by molar-refractivity contribution is 0.729. The molecule has 0 amide bonds. The van der Waals surface area contributed by atoms with E-state index in [1.165, 1.54) is 11.3 Å². The molecule has 2 heterocycles. The van der Waals surface area contributed by atoms with E-state index in [1.54, 1.807) is 0 Å². The molecule has 5 nitrogen and oxygen atoms in total. The Morgan fingerprint density at radius 3 is 2.48 bits per heavy atom. The minimum Gasteiger partial charge on any atom is -0.272 e. The number of rotatable bonds is 4. The summed E-state index contributed by atoms with van der Waals surface area (Å²) in [5.74, 6) is 0. The molecule has 108 valence electrons. The van der Waals surface area contributed by atoms with Gasteiger partial charge in [0.1, 0.15) is 0 Å². The molecule has 1 aromatic carbocycles. The van der Waals surface area contributed by atoms with Crippen molar-refractivity contribution in [3.05, 3.63) is 59.2 Å². The molecule has 5 heteroatoms. The first-order valence-corrected chi connectivity index (χ1v) is 7.11. The minimum atomic E-state index is 0.875. The molecule has 0 saturated heterocycles. The normalized spacial score (nSPS) is 11.0. The van der Waals surface area contributed by atoms with E-state index >= 15 is 0 Å². The van der Waals surface area contributed by atoms with Gasteiger partial charge in [-0.1, -0.05) is 23.4 Å². The summed E-state index contributed by atoms with van der Waals surface area (Å²) in [5, 5.41) is 12.9. The van der Waals surface area contributed by atoms with Gasteiger partial charge in [-0.2, -0.15) is 5.10 Å². The third-order valence-corrected chi connectivity index (χ3v) is 3.85. The second-order valence-electron chi connectivity index (χ2n) is 5.26. The maximum absolute atomic E-state index is 4.45. The van der Waals surface area contributed by atoms with E-state index in [2.05, 4.69) is 29.3 Å². The van der Waals surface area contributed by atoms with Gasteiger partial charge in [-0.25, -0.2) is 4.68 Å². The lowest BCUT2D eigenvalue weighted by Crippen LogP contribution is -1.96. The van der Waals surface area contributed by atoms with Crippen molar-refractivity contribution in [2.75, 3.05) is 0 Å². The molecule has 0 aliphatic heterocycles. The highest BCUT2D eigenvalue weighted by Gasteiger charge is 2.10. The molecule has 0 N–H and O–H groups in total. The van der Waals surface area contributed by atoms with Crippen LogP contribution in [0.25, 0.3) is 5.69 Å². The molecule has 0 aliphatic carbocycles. The number of hydrogen-bond donors (Lipinski definition) is 0. The zero-order valence-corrected chi connectivity index (χ0v) is 12.6. The van der Waals surface area contributed by atoms with Gasteiger partial charge in [-0.05, 0) is 44.4 Å². The second kappa shape index (κ2) is 5.52. The number of para-hydroxylation sites is 1. The van der Waals surface area contributed by atoms with Crippen LogP contribution in [0.2, 0.25) is 0 Å². The molecular weight excluding hydrogens is 262 g/mol. The second-order valence-corrected chi connectivity index (χ2v) is 5.26. The van der Waals surface area contributed by atoms with Crippen molar-refractivity contribution in [2.45, 2.75) is 26.7 Å². The third kappa shape index (κ3) is 2.72. The van der Waals surface area contributed by atoms with E-state index in [0.717, 1.165) is 29.9 Å². The monoisotopic (exact) mass is 281 g/mol. The number of nitrogens with zero attached hydrogens (tertiary/aromatic N) is 5. The van der Waals surface area contributed by atoms with E-state index < -0.39 is 0 Å². The first-order valence-electron chi connectivity index (χ1n) is 7.11. The van der Waals surface area contributed by atoms with Crippen molar-refractivity contribution >= 4 is 0 Å². The van der Waals surface area contributed by atoms with E-state index in [1.807, 2.05) is 52.9 Å². The summed E-state index contributed by atoms with van der Waals surface area (Å²) < 4.78 is 3.75. The van der Waals surface area contributed by atoms with Crippen LogP contribution in [0.3, 0.4) is 0 Å². The van der Waals surface area contributed by atoms with E-state index in [-0.39, 0.29) is 0 Å². The van der Waals surface area contributed by atoms with Gasteiger partial charge >= 0.3 is 0 Å². The van der Waals surface area contributed by atoms with Crippen molar-refractivity contribution in [3.63, 3.8) is 0 Å². The standard InChI is InChI=1S/C16H19N5/c1-12-16(13(2)20(3)18-12)10-9-14-11-21(19-17-14)15-7-5-4-6-8-15/h4-8,11H,9-10H2,1-3H3. The summed E-state index contributed by atoms with van der Waals surface area (Å²) in [5.41, 5.74) is 5.67. The van der Waals surface area contributed by atoms with Crippen LogP contribution in [-0.4, -0.2) is 24.8 Å². The molecule has 0 spiro atoms. The van der Waals surface area contributed by atoms with Gasteiger partial charge in [-0.3, -0.25) is 4.68 Å². The van der Waals surface area contributed by atoms with E-state index in [9.17, 15) is 0 Å². The molecule has 21 heavy (non-hydrogen) atoms. The van der Waals surface area contributed by atoms with Crippen LogP contribution in [0.1, 0.15) is 22.6 Å². The Balaban J connectivity index is 1.73. The molecule has 3 rings (SSSR count). The smallest absolute Gasteiger partial charge is 0.0835 e. The molecule has 0 radical (unpaired) electrons. The molecule has 0 fully saturated rings. The Morgan fingerprint density at radius 2 is 1.81 bits per heavy atom. The van der Waals surface area contributed by atoms with Crippen LogP contribution >= 0.6 is 0 Å². The summed E-state index contributed by atoms with van der Waals surface area (Å²) >= 11 is 0. The number of aryl methyl sites for hydroxylation is 3. The largest absolute Gasteiger partial charge is 0.272 e. The van der Waals surface area contributed by atoms with Crippen molar-refractivity contribution in [3.8, 4) is 5.69 Å². The van der Waals surface area contributed by atoms with Crippen LogP contribution in [-0.2, 0) is 19.9 Å². The minimum absolute atomic E-state index is 0.875. The quantitative estimate of drug-likeness (QED) is 0.738. The lowest BCUT2D eigenvalue weighted by atomic mass is 10.1. The molecule has 3 aromatic rings. The summed E-state index contributed by atoms with van der Waals surface area (Å²) in [4.78, 5) is 0. The molecule has 0 atom stereocenters. The van der Waals surface area contributed by atoms with Gasteiger partial charge in [0, 0.05) is 12.7 Å². The van der Waals surface area contributed by atoms with Crippen molar-refractivity contribution in [1.29, 1.82) is 0 Å². The molecule has 2 aromatic heterocycles. The van der Waals surface area contributed by atoms with Crippen LogP contribution < -0.4 is 0 Å². The molecule has 0 saturated carbocycles. The highest BCUT2D eigenvalue weighted by Crippen LogP contribution is 2.15. The van der Waals surface area contributed by atoms with Crippen molar-refractivity contribution < 1.29 is 0 Å². The third-order valence-electron chi connectivity index (χ3n) is 3.85. The topological polar surface area (TPSA) is 48.5 Å². The SMILES string of the molecule is Cc1nn(C)c(C)c1CCc1cn(-c2ccccc2)nn1. The lowest BCUT2D eigenvalue weighted by Gasteiger charge is -2.00. The first kappa shape index (κ1) is 13.5. The Kier molecular flexibility index (Phi) is 3.56. The maximum atomic E-state index is 4.45. The highest BCUT2D eigenvalue weighted by molar-refractivity contribution is 5.30. The fourth-order valence-corrected chi connectivity index (χ4v) is 2.55. The summed E-state index contributed by atoms with van der Waals surface area (Å²) in [6, 6.07) is 10.0. The van der Waals surface area contributed by atoms with Crippen molar-refractivity contribution in [2.24, 2.45) is 7.05 Å². The van der Waals surface area contributed by atoms with Gasteiger partial charge in [0.05, 0.1) is 23.3 Å². The van der Waals surface area contributed by atoms with Gasteiger partial charge in [0.15, 0.2) is 0 Å². The van der Waals surface area contributed by atoms with Gasteiger partial charge in [-0.15, -0.1) is 5.10 Å². The maximum Gasteiger partial charge on any atom is 0.0835 e. The highest BCUT2D eigenvalue weighted by atomic mass is 15.4. The molecular formula is C16H19N5. The average molecular weight is 281 g/mol. The fraction of sp³-hybridized carbons (Fsp3) is 0.312. The van der Waals surface area contributed by atoms with Crippen molar-refractivity contribution in [1.82, 2.24) is 24.8 Å². The zero-order valence-electron chi connectivity index (χ0n) is 12.6. The van der Waals surface area contributed by atoms with Gasteiger partial charge < -0.3 is 0 Å². The van der Waals surface area contributed by atoms with Crippen LogP contribution in [0, 0.1) is 13.8 Å². The average Bonchev–Trinajstić information content (AvgIpc) is 3.05. The van der Waals surface area contributed by atoms with Crippen LogP contribution in [0.5, 0.6) is 0 Å². The Morgan fingerprint density at radius 1 is 1.05 bits per heavy atom. The number of aromatic nitrogens is 5. The molecule has 0 aliphatic rings. The molecule has 0 unspecified atom stereocenters. The number of hydrogen-bond acceptors (Lipinski definition) is 3. The predicted octanol–water partition coefficient (Wildman–Crippen LogP) is 2.40. The molecule has 0 bridgehead atoms.